The van der Waals surface area contributed by atoms with Gasteiger partial charge in [0.1, 0.15) is 0 Å². The lowest BCUT2D eigenvalue weighted by atomic mass is 10.1. The number of hydrogen-bond donors (Lipinski definition) is 1. The molecule has 0 bridgehead atoms. The van der Waals surface area contributed by atoms with Gasteiger partial charge in [-0.15, -0.1) is 0 Å². The van der Waals surface area contributed by atoms with Gasteiger partial charge < -0.3 is 4.74 Å². The maximum absolute atomic E-state index is 11.6. The molecule has 1 heterocycles. The number of carbonyl (C=O) groups is 1. The lowest BCUT2D eigenvalue weighted by Gasteiger charge is -2.02. The number of rotatable bonds is 3. The molecular weight excluding hydrogens is 204 g/mol. The highest BCUT2D eigenvalue weighted by atomic mass is 16.5. The number of H-pyrrole nitrogens is 1. The highest BCUT2D eigenvalue weighted by molar-refractivity contribution is 5.89. The van der Waals surface area contributed by atoms with Crippen LogP contribution in [0.3, 0.4) is 0 Å². The summed E-state index contributed by atoms with van der Waals surface area (Å²) < 4.78 is 4.99. The Morgan fingerprint density at radius 1 is 1.56 bits per heavy atom. The molecule has 3 rings (SSSR count). The van der Waals surface area contributed by atoms with E-state index in [1.54, 1.807) is 0 Å². The molecule has 16 heavy (non-hydrogen) atoms. The van der Waals surface area contributed by atoms with E-state index in [-0.39, 0.29) is 5.97 Å². The van der Waals surface area contributed by atoms with Crippen molar-refractivity contribution in [3.63, 3.8) is 0 Å². The maximum atomic E-state index is 11.6. The van der Waals surface area contributed by atoms with Crippen molar-refractivity contribution < 1.29 is 9.53 Å². The summed E-state index contributed by atoms with van der Waals surface area (Å²) in [4.78, 5) is 11.6. The first-order chi connectivity index (χ1) is 7.77. The number of carbonyl (C=O) groups excluding carboxylic acids is 1. The number of fused-ring (bicyclic) bond motifs is 3. The van der Waals surface area contributed by atoms with Crippen molar-refractivity contribution in [2.45, 2.75) is 32.6 Å². The summed E-state index contributed by atoms with van der Waals surface area (Å²) in [5.74, 6) is 1.91. The minimum Gasteiger partial charge on any atom is -0.461 e. The molecule has 1 fully saturated rings. The zero-order valence-electron chi connectivity index (χ0n) is 9.62. The number of ether oxygens (including phenoxy) is 1. The summed E-state index contributed by atoms with van der Waals surface area (Å²) in [6, 6.07) is 0. The first-order valence-electron chi connectivity index (χ1n) is 6.02. The van der Waals surface area contributed by atoms with E-state index in [9.17, 15) is 4.79 Å². The molecule has 1 N–H and O–H groups in total. The molecule has 0 spiro atoms. The van der Waals surface area contributed by atoms with Gasteiger partial charge in [0.05, 0.1) is 6.61 Å². The molecule has 2 aliphatic rings. The molecule has 1 aromatic heterocycles. The Bertz CT molecular complexity index is 438. The lowest BCUT2D eigenvalue weighted by Crippen LogP contribution is -2.08. The van der Waals surface area contributed by atoms with Crippen LogP contribution in [-0.2, 0) is 11.2 Å². The summed E-state index contributed by atoms with van der Waals surface area (Å²) in [7, 11) is 0. The smallest absolute Gasteiger partial charge is 0.359 e. The van der Waals surface area contributed by atoms with Crippen LogP contribution in [0.5, 0.6) is 0 Å². The van der Waals surface area contributed by atoms with Crippen molar-refractivity contribution in [1.29, 1.82) is 0 Å². The van der Waals surface area contributed by atoms with Gasteiger partial charge in [-0.3, -0.25) is 5.10 Å². The van der Waals surface area contributed by atoms with E-state index in [0.717, 1.165) is 23.8 Å². The van der Waals surface area contributed by atoms with E-state index < -0.39 is 0 Å². The molecule has 1 saturated carbocycles. The Hall–Kier alpha value is -1.32. The second-order valence-corrected chi connectivity index (χ2v) is 4.65. The molecule has 86 valence electrons. The van der Waals surface area contributed by atoms with Gasteiger partial charge >= 0.3 is 5.97 Å². The maximum Gasteiger partial charge on any atom is 0.359 e. The minimum atomic E-state index is -0.283. The van der Waals surface area contributed by atoms with Crippen LogP contribution in [0.4, 0.5) is 0 Å². The van der Waals surface area contributed by atoms with Gasteiger partial charge in [0.15, 0.2) is 5.69 Å². The fourth-order valence-corrected chi connectivity index (χ4v) is 3.17. The highest BCUT2D eigenvalue weighted by Gasteiger charge is 2.56. The number of aromatic amines is 1. The van der Waals surface area contributed by atoms with E-state index in [4.69, 9.17) is 4.74 Å². The van der Waals surface area contributed by atoms with Crippen molar-refractivity contribution in [3.05, 3.63) is 17.0 Å². The fourth-order valence-electron chi connectivity index (χ4n) is 3.17. The Morgan fingerprint density at radius 3 is 3.06 bits per heavy atom. The van der Waals surface area contributed by atoms with Crippen LogP contribution in [0.15, 0.2) is 0 Å². The third-order valence-electron chi connectivity index (χ3n) is 3.94. The summed E-state index contributed by atoms with van der Waals surface area (Å²) >= 11 is 0. The molecule has 0 aromatic carbocycles. The first kappa shape index (κ1) is 9.87. The normalized spacial score (nSPS) is 29.8. The quantitative estimate of drug-likeness (QED) is 0.791. The number of hydrogen-bond acceptors (Lipinski definition) is 3. The van der Waals surface area contributed by atoms with Crippen LogP contribution < -0.4 is 0 Å². The Kier molecular flexibility index (Phi) is 2.06. The van der Waals surface area contributed by atoms with E-state index in [1.807, 2.05) is 6.92 Å². The monoisotopic (exact) mass is 220 g/mol. The standard InChI is InChI=1S/C12H16N2O2/c1-3-6-7-5-8-10(9(6)7)13-14-11(8)12(15)16-4-2/h6-7,9H,3-5H2,1-2H3,(H,13,14). The van der Waals surface area contributed by atoms with Crippen LogP contribution in [0, 0.1) is 11.8 Å². The predicted molar refractivity (Wildman–Crippen MR) is 58.3 cm³/mol. The number of esters is 1. The van der Waals surface area contributed by atoms with Gasteiger partial charge in [-0.1, -0.05) is 13.3 Å². The van der Waals surface area contributed by atoms with E-state index in [1.165, 1.54) is 12.1 Å². The molecule has 4 heteroatoms. The Morgan fingerprint density at radius 2 is 2.38 bits per heavy atom. The van der Waals surface area contributed by atoms with Crippen LogP contribution in [-0.4, -0.2) is 22.8 Å². The Labute approximate surface area is 94.4 Å². The first-order valence-corrected chi connectivity index (χ1v) is 6.02. The van der Waals surface area contributed by atoms with Gasteiger partial charge in [-0.25, -0.2) is 4.79 Å². The molecule has 0 amide bonds. The van der Waals surface area contributed by atoms with Gasteiger partial charge in [-0.05, 0) is 25.2 Å². The lowest BCUT2D eigenvalue weighted by molar-refractivity contribution is 0.0518. The van der Waals surface area contributed by atoms with Crippen LogP contribution >= 0.6 is 0 Å². The largest absolute Gasteiger partial charge is 0.461 e. The number of nitrogens with zero attached hydrogens (tertiary/aromatic N) is 1. The zero-order valence-corrected chi connectivity index (χ0v) is 9.62. The second-order valence-electron chi connectivity index (χ2n) is 4.65. The minimum absolute atomic E-state index is 0.283. The van der Waals surface area contributed by atoms with Crippen molar-refractivity contribution in [2.75, 3.05) is 6.61 Å². The summed E-state index contributed by atoms with van der Waals surface area (Å²) in [6.07, 6.45) is 2.23. The zero-order chi connectivity index (χ0) is 11.3. The van der Waals surface area contributed by atoms with Crippen molar-refractivity contribution >= 4 is 5.97 Å². The van der Waals surface area contributed by atoms with E-state index in [2.05, 4.69) is 17.1 Å². The molecular formula is C12H16N2O2. The van der Waals surface area contributed by atoms with Gasteiger partial charge in [0.25, 0.3) is 0 Å². The summed E-state index contributed by atoms with van der Waals surface area (Å²) in [5.41, 5.74) is 2.82. The molecule has 3 atom stereocenters. The van der Waals surface area contributed by atoms with Crippen molar-refractivity contribution in [1.82, 2.24) is 10.2 Å². The van der Waals surface area contributed by atoms with Crippen LogP contribution in [0.25, 0.3) is 0 Å². The fraction of sp³-hybridized carbons (Fsp3) is 0.667. The number of nitrogens with one attached hydrogen (secondary N) is 1. The summed E-state index contributed by atoms with van der Waals surface area (Å²) in [5, 5.41) is 7.13. The van der Waals surface area contributed by atoms with Gasteiger partial charge in [0.2, 0.25) is 0 Å². The van der Waals surface area contributed by atoms with Crippen molar-refractivity contribution in [2.24, 2.45) is 11.8 Å². The SMILES string of the molecule is CCOC(=O)c1n[nH]c2c1CC1C(CC)C21. The number of aromatic nitrogens is 2. The summed E-state index contributed by atoms with van der Waals surface area (Å²) in [6.45, 7) is 4.45. The third kappa shape index (κ3) is 1.16. The van der Waals surface area contributed by atoms with Gasteiger partial charge in [-0.2, -0.15) is 5.10 Å². The molecule has 1 aromatic rings. The Balaban J connectivity index is 1.86. The average Bonchev–Trinajstić information content (AvgIpc) is 2.64. The van der Waals surface area contributed by atoms with Crippen molar-refractivity contribution in [3.8, 4) is 0 Å². The van der Waals surface area contributed by atoms with E-state index >= 15 is 0 Å². The second kappa shape index (κ2) is 3.34. The third-order valence-corrected chi connectivity index (χ3v) is 3.94. The molecule has 3 unspecified atom stereocenters. The van der Waals surface area contributed by atoms with Gasteiger partial charge in [0, 0.05) is 17.2 Å². The highest BCUT2D eigenvalue weighted by Crippen LogP contribution is 2.62. The molecule has 4 nitrogen and oxygen atoms in total. The predicted octanol–water partition coefficient (Wildman–Crippen LogP) is 1.88. The molecule has 0 saturated heterocycles. The molecule has 0 aliphatic heterocycles. The van der Waals surface area contributed by atoms with E-state index in [0.29, 0.717) is 18.2 Å². The molecule has 2 aliphatic carbocycles. The topological polar surface area (TPSA) is 55.0 Å². The van der Waals surface area contributed by atoms with Crippen LogP contribution in [0.2, 0.25) is 0 Å². The molecule has 0 radical (unpaired) electrons. The average molecular weight is 220 g/mol. The van der Waals surface area contributed by atoms with Crippen LogP contribution in [0.1, 0.15) is 47.9 Å².